The number of hydrogen-bond acceptors (Lipinski definition) is 2. The minimum Gasteiger partial charge on any atom is -0.480 e. The third kappa shape index (κ3) is 10.2. The molecule has 0 aromatic rings. The molecular formula is C11H19F3N2O3. The first-order valence-electron chi connectivity index (χ1n) is 5.93. The lowest BCUT2D eigenvalue weighted by Gasteiger charge is -2.22. The van der Waals surface area contributed by atoms with E-state index in [9.17, 15) is 22.8 Å². The average Bonchev–Trinajstić information content (AvgIpc) is 2.20. The zero-order valence-corrected chi connectivity index (χ0v) is 11.0. The van der Waals surface area contributed by atoms with E-state index >= 15 is 0 Å². The van der Waals surface area contributed by atoms with Crippen LogP contribution < -0.4 is 5.32 Å². The molecule has 0 aromatic heterocycles. The molecule has 0 bridgehead atoms. The summed E-state index contributed by atoms with van der Waals surface area (Å²) < 4.78 is 36.6. The van der Waals surface area contributed by atoms with Crippen LogP contribution in [0.2, 0.25) is 0 Å². The Morgan fingerprint density at radius 1 is 1.32 bits per heavy atom. The lowest BCUT2D eigenvalue weighted by atomic mass is 10.1. The summed E-state index contributed by atoms with van der Waals surface area (Å²) in [5, 5.41) is 10.8. The summed E-state index contributed by atoms with van der Waals surface area (Å²) in [5.74, 6) is -1.05. The highest BCUT2D eigenvalue weighted by molar-refractivity contribution is 5.80. The fourth-order valence-electron chi connectivity index (χ4n) is 1.40. The maximum absolute atomic E-state index is 12.2. The molecule has 0 aliphatic rings. The fourth-order valence-corrected chi connectivity index (χ4v) is 1.40. The van der Waals surface area contributed by atoms with E-state index in [4.69, 9.17) is 5.11 Å². The van der Waals surface area contributed by atoms with Crippen LogP contribution in [-0.4, -0.2) is 47.8 Å². The number of hydrogen-bond donors (Lipinski definition) is 2. The summed E-state index contributed by atoms with van der Waals surface area (Å²) in [5.41, 5.74) is 0. The van der Waals surface area contributed by atoms with Gasteiger partial charge in [-0.1, -0.05) is 13.8 Å². The van der Waals surface area contributed by atoms with Crippen LogP contribution in [0.5, 0.6) is 0 Å². The topological polar surface area (TPSA) is 69.6 Å². The predicted molar refractivity (Wildman–Crippen MR) is 62.7 cm³/mol. The van der Waals surface area contributed by atoms with Crippen molar-refractivity contribution >= 4 is 12.0 Å². The lowest BCUT2D eigenvalue weighted by Crippen LogP contribution is -2.47. The molecule has 0 fully saturated rings. The molecule has 0 heterocycles. The van der Waals surface area contributed by atoms with Crippen molar-refractivity contribution in [1.82, 2.24) is 10.2 Å². The highest BCUT2D eigenvalue weighted by atomic mass is 19.4. The predicted octanol–water partition coefficient (Wildman–Crippen LogP) is 2.08. The van der Waals surface area contributed by atoms with Crippen molar-refractivity contribution in [3.63, 3.8) is 0 Å². The Morgan fingerprint density at radius 3 is 2.32 bits per heavy atom. The van der Waals surface area contributed by atoms with Crippen LogP contribution in [0.15, 0.2) is 0 Å². The van der Waals surface area contributed by atoms with Gasteiger partial charge in [-0.15, -0.1) is 0 Å². The van der Waals surface area contributed by atoms with Crippen molar-refractivity contribution in [2.45, 2.75) is 32.9 Å². The van der Waals surface area contributed by atoms with E-state index in [0.29, 0.717) is 12.3 Å². The van der Waals surface area contributed by atoms with Gasteiger partial charge in [0.2, 0.25) is 0 Å². The van der Waals surface area contributed by atoms with E-state index in [-0.39, 0.29) is 11.4 Å². The Bertz CT molecular complexity index is 306. The van der Waals surface area contributed by atoms with Crippen molar-refractivity contribution in [2.24, 2.45) is 5.92 Å². The normalized spacial score (nSPS) is 11.5. The summed E-state index contributed by atoms with van der Waals surface area (Å²) in [4.78, 5) is 22.1. The van der Waals surface area contributed by atoms with E-state index < -0.39 is 31.3 Å². The first-order chi connectivity index (χ1) is 8.61. The van der Waals surface area contributed by atoms with Gasteiger partial charge in [0.15, 0.2) is 0 Å². The zero-order valence-electron chi connectivity index (χ0n) is 11.0. The van der Waals surface area contributed by atoms with E-state index in [1.807, 2.05) is 13.8 Å². The SMILES string of the molecule is CC(C)CCCNC(=O)N(CC(=O)O)CC(F)(F)F. The number of nitrogens with zero attached hydrogens (tertiary/aromatic N) is 1. The maximum atomic E-state index is 12.2. The monoisotopic (exact) mass is 284 g/mol. The van der Waals surface area contributed by atoms with Crippen LogP contribution in [0, 0.1) is 5.92 Å². The lowest BCUT2D eigenvalue weighted by molar-refractivity contribution is -0.148. The molecule has 0 atom stereocenters. The molecule has 0 rings (SSSR count). The smallest absolute Gasteiger partial charge is 0.406 e. The molecule has 0 aromatic carbocycles. The van der Waals surface area contributed by atoms with Gasteiger partial charge in [0.25, 0.3) is 0 Å². The quantitative estimate of drug-likeness (QED) is 0.703. The van der Waals surface area contributed by atoms with Crippen molar-refractivity contribution in [1.29, 1.82) is 0 Å². The number of carboxylic acid groups (broad SMARTS) is 1. The molecule has 0 aliphatic carbocycles. The Balaban J connectivity index is 4.26. The van der Waals surface area contributed by atoms with Gasteiger partial charge in [0.05, 0.1) is 0 Å². The van der Waals surface area contributed by atoms with Gasteiger partial charge >= 0.3 is 18.2 Å². The van der Waals surface area contributed by atoms with Gasteiger partial charge in [-0.25, -0.2) is 4.79 Å². The first-order valence-corrected chi connectivity index (χ1v) is 5.93. The van der Waals surface area contributed by atoms with Crippen LogP contribution in [-0.2, 0) is 4.79 Å². The molecule has 112 valence electrons. The molecule has 0 saturated carbocycles. The molecule has 8 heteroatoms. The summed E-state index contributed by atoms with van der Waals surface area (Å²) in [6.07, 6.45) is -3.15. The van der Waals surface area contributed by atoms with Gasteiger partial charge in [0, 0.05) is 6.54 Å². The first kappa shape index (κ1) is 17.5. The number of carboxylic acids is 1. The Morgan fingerprint density at radius 2 is 1.89 bits per heavy atom. The molecule has 0 spiro atoms. The number of carbonyl (C=O) groups is 2. The van der Waals surface area contributed by atoms with E-state index in [1.165, 1.54) is 0 Å². The maximum Gasteiger partial charge on any atom is 0.406 e. The highest BCUT2D eigenvalue weighted by Crippen LogP contribution is 2.16. The van der Waals surface area contributed by atoms with E-state index in [1.54, 1.807) is 0 Å². The standard InChI is InChI=1S/C11H19F3N2O3/c1-8(2)4-3-5-15-10(19)16(6-9(17)18)7-11(12,13)14/h8H,3-7H2,1-2H3,(H,15,19)(H,17,18). The third-order valence-corrected chi connectivity index (χ3v) is 2.22. The Kier molecular flexibility index (Phi) is 7.25. The fraction of sp³-hybridized carbons (Fsp3) is 0.818. The summed E-state index contributed by atoms with van der Waals surface area (Å²) in [6.45, 7) is 1.65. The zero-order chi connectivity index (χ0) is 15.1. The number of carbonyl (C=O) groups excluding carboxylic acids is 1. The number of urea groups is 1. The molecule has 0 aliphatic heterocycles. The van der Waals surface area contributed by atoms with Crippen LogP contribution in [0.3, 0.4) is 0 Å². The summed E-state index contributed by atoms with van der Waals surface area (Å²) >= 11 is 0. The van der Waals surface area contributed by atoms with Crippen LogP contribution in [0.25, 0.3) is 0 Å². The van der Waals surface area contributed by atoms with Gasteiger partial charge < -0.3 is 15.3 Å². The summed E-state index contributed by atoms with van der Waals surface area (Å²) in [6, 6.07) is -1.01. The second-order valence-corrected chi connectivity index (χ2v) is 4.63. The van der Waals surface area contributed by atoms with Crippen LogP contribution in [0.4, 0.5) is 18.0 Å². The van der Waals surface area contributed by atoms with E-state index in [2.05, 4.69) is 5.32 Å². The Labute approximate surface area is 109 Å². The number of aliphatic carboxylic acids is 1. The number of halogens is 3. The average molecular weight is 284 g/mol. The van der Waals surface area contributed by atoms with E-state index in [0.717, 1.165) is 6.42 Å². The van der Waals surface area contributed by atoms with Crippen molar-refractivity contribution < 1.29 is 27.9 Å². The molecule has 19 heavy (non-hydrogen) atoms. The molecule has 2 amide bonds. The van der Waals surface area contributed by atoms with Crippen molar-refractivity contribution in [2.75, 3.05) is 19.6 Å². The van der Waals surface area contributed by atoms with Gasteiger partial charge in [-0.2, -0.15) is 13.2 Å². The third-order valence-electron chi connectivity index (χ3n) is 2.22. The molecule has 2 N–H and O–H groups in total. The molecule has 0 saturated heterocycles. The second kappa shape index (κ2) is 7.85. The second-order valence-electron chi connectivity index (χ2n) is 4.63. The van der Waals surface area contributed by atoms with Crippen LogP contribution in [0.1, 0.15) is 26.7 Å². The Hall–Kier alpha value is -1.47. The number of nitrogens with one attached hydrogen (secondary N) is 1. The number of alkyl halides is 3. The number of amides is 2. The minimum absolute atomic E-state index is 0.227. The molecule has 0 radical (unpaired) electrons. The molecule has 0 unspecified atom stereocenters. The largest absolute Gasteiger partial charge is 0.480 e. The molecule has 5 nitrogen and oxygen atoms in total. The number of rotatable bonds is 7. The molecular weight excluding hydrogens is 265 g/mol. The highest BCUT2D eigenvalue weighted by Gasteiger charge is 2.33. The summed E-state index contributed by atoms with van der Waals surface area (Å²) in [7, 11) is 0. The van der Waals surface area contributed by atoms with Crippen LogP contribution >= 0.6 is 0 Å². The van der Waals surface area contributed by atoms with Gasteiger partial charge in [-0.05, 0) is 18.8 Å². The van der Waals surface area contributed by atoms with Crippen molar-refractivity contribution in [3.05, 3.63) is 0 Å². The minimum atomic E-state index is -4.62. The van der Waals surface area contributed by atoms with Crippen molar-refractivity contribution in [3.8, 4) is 0 Å². The van der Waals surface area contributed by atoms with Gasteiger partial charge in [0.1, 0.15) is 13.1 Å². The van der Waals surface area contributed by atoms with Gasteiger partial charge in [-0.3, -0.25) is 4.79 Å².